The summed E-state index contributed by atoms with van der Waals surface area (Å²) in [6.45, 7) is 9.66. The summed E-state index contributed by atoms with van der Waals surface area (Å²) in [5, 5.41) is 10.7. The molecule has 6 rings (SSSR count). The number of anilines is 2. The molecule has 0 radical (unpaired) electrons. The van der Waals surface area contributed by atoms with Crippen molar-refractivity contribution in [2.45, 2.75) is 50.0 Å². The number of nitrogen functional groups attached to an aromatic ring is 1. The number of halogens is 3. The van der Waals surface area contributed by atoms with Crippen molar-refractivity contribution in [2.24, 2.45) is 0 Å². The molecule has 1 fully saturated rings. The van der Waals surface area contributed by atoms with Crippen LogP contribution in [-0.2, 0) is 11.0 Å². The number of aromatic nitrogens is 2. The summed E-state index contributed by atoms with van der Waals surface area (Å²) in [7, 11) is 0. The topological polar surface area (TPSA) is 108 Å². The second kappa shape index (κ2) is 10.3. The molecule has 2 aromatic carbocycles. The largest absolute Gasteiger partial charge is 0.417 e. The lowest BCUT2D eigenvalue weighted by molar-refractivity contribution is -0.137. The van der Waals surface area contributed by atoms with Crippen molar-refractivity contribution in [2.75, 3.05) is 29.5 Å². The van der Waals surface area contributed by atoms with Crippen LogP contribution >= 0.6 is 23.1 Å². The summed E-state index contributed by atoms with van der Waals surface area (Å²) in [6, 6.07) is 7.18. The monoisotopic (exact) mass is 624 g/mol. The van der Waals surface area contributed by atoms with Gasteiger partial charge in [-0.05, 0) is 44.5 Å². The first-order valence-electron chi connectivity index (χ1n) is 13.6. The standard InChI is InChI=1S/C30H27F3N6O2S2/c1-5-22(40)38-14(2)11-37(12-15(38)3)28-18-9-20(30(31,32)33)24(26-25(18)39(29(41)36-28)16(4)13-42-26)17-7-6-8-21-23(17)19(10-34)27(35)43-21/h5-9,14-16H,1,11-13,35H2,2-4H3/t14-,15+,16?. The minimum absolute atomic E-state index is 0.0785. The molecule has 8 nitrogen and oxygen atoms in total. The fourth-order valence-corrected chi connectivity index (χ4v) is 8.65. The quantitative estimate of drug-likeness (QED) is 0.278. The number of piperazine rings is 1. The number of alkyl halides is 3. The van der Waals surface area contributed by atoms with E-state index in [4.69, 9.17) is 5.73 Å². The molecule has 1 saturated heterocycles. The highest BCUT2D eigenvalue weighted by molar-refractivity contribution is 7.99. The number of nitriles is 1. The molecule has 4 aromatic rings. The van der Waals surface area contributed by atoms with Gasteiger partial charge in [-0.25, -0.2) is 4.79 Å². The van der Waals surface area contributed by atoms with Gasteiger partial charge in [-0.1, -0.05) is 18.7 Å². The second-order valence-electron chi connectivity index (χ2n) is 11.0. The molecule has 0 bridgehead atoms. The Hall–Kier alpha value is -4.02. The first-order valence-corrected chi connectivity index (χ1v) is 15.4. The van der Waals surface area contributed by atoms with Crippen LogP contribution in [0.5, 0.6) is 0 Å². The number of nitrogens with two attached hydrogens (primary N) is 1. The molecule has 2 aliphatic heterocycles. The summed E-state index contributed by atoms with van der Waals surface area (Å²) in [6.07, 6.45) is -3.53. The van der Waals surface area contributed by atoms with E-state index in [9.17, 15) is 14.9 Å². The van der Waals surface area contributed by atoms with Gasteiger partial charge in [0.25, 0.3) is 0 Å². The number of thiophene rings is 1. The van der Waals surface area contributed by atoms with E-state index in [-0.39, 0.29) is 70.0 Å². The average molecular weight is 625 g/mol. The van der Waals surface area contributed by atoms with Crippen LogP contribution in [0.15, 0.2) is 46.6 Å². The van der Waals surface area contributed by atoms with Crippen molar-refractivity contribution in [3.05, 3.63) is 58.5 Å². The predicted octanol–water partition coefficient (Wildman–Crippen LogP) is 6.03. The van der Waals surface area contributed by atoms with Gasteiger partial charge in [-0.2, -0.15) is 23.4 Å². The molecule has 1 amide bonds. The molecular weight excluding hydrogens is 597 g/mol. The van der Waals surface area contributed by atoms with Crippen LogP contribution in [0.4, 0.5) is 24.0 Å². The Balaban J connectivity index is 1.69. The van der Waals surface area contributed by atoms with Crippen LogP contribution in [0.25, 0.3) is 32.1 Å². The van der Waals surface area contributed by atoms with Gasteiger partial charge in [-0.15, -0.1) is 23.1 Å². The van der Waals surface area contributed by atoms with E-state index in [1.165, 1.54) is 22.4 Å². The van der Waals surface area contributed by atoms with Crippen molar-refractivity contribution in [1.29, 1.82) is 5.26 Å². The number of fused-ring (bicyclic) bond motifs is 1. The maximum absolute atomic E-state index is 15.1. The number of hydrogen-bond acceptors (Lipinski definition) is 8. The number of carbonyl (C=O) groups is 1. The molecule has 2 N–H and O–H groups in total. The lowest BCUT2D eigenvalue weighted by Crippen LogP contribution is -2.58. The zero-order valence-electron chi connectivity index (χ0n) is 23.5. The number of nitrogens with zero attached hydrogens (tertiary/aromatic N) is 5. The Morgan fingerprint density at radius 1 is 1.21 bits per heavy atom. The zero-order chi connectivity index (χ0) is 31.0. The third kappa shape index (κ3) is 4.46. The molecule has 222 valence electrons. The zero-order valence-corrected chi connectivity index (χ0v) is 25.2. The maximum Gasteiger partial charge on any atom is 0.417 e. The highest BCUT2D eigenvalue weighted by Crippen LogP contribution is 2.52. The molecule has 0 spiro atoms. The molecule has 1 unspecified atom stereocenters. The van der Waals surface area contributed by atoms with Crippen LogP contribution in [-0.4, -0.2) is 51.3 Å². The summed E-state index contributed by atoms with van der Waals surface area (Å²) in [5.74, 6) is 0.281. The van der Waals surface area contributed by atoms with Crippen molar-refractivity contribution >= 4 is 60.8 Å². The fraction of sp³-hybridized carbons (Fsp3) is 0.333. The number of amides is 1. The van der Waals surface area contributed by atoms with Gasteiger partial charge in [0.1, 0.15) is 16.9 Å². The molecule has 2 aromatic heterocycles. The Morgan fingerprint density at radius 3 is 2.53 bits per heavy atom. The Kier molecular flexibility index (Phi) is 6.97. The van der Waals surface area contributed by atoms with Crippen LogP contribution in [0.1, 0.15) is 37.9 Å². The first kappa shape index (κ1) is 29.1. The van der Waals surface area contributed by atoms with E-state index in [0.717, 1.165) is 17.4 Å². The first-order chi connectivity index (χ1) is 20.4. The van der Waals surface area contributed by atoms with E-state index >= 15 is 13.2 Å². The number of hydrogen-bond donors (Lipinski definition) is 1. The van der Waals surface area contributed by atoms with E-state index in [1.54, 1.807) is 28.0 Å². The Morgan fingerprint density at radius 2 is 1.91 bits per heavy atom. The van der Waals surface area contributed by atoms with Crippen LogP contribution < -0.4 is 16.3 Å². The number of rotatable bonds is 3. The van der Waals surface area contributed by atoms with Crippen molar-refractivity contribution in [3.63, 3.8) is 0 Å². The summed E-state index contributed by atoms with van der Waals surface area (Å²) in [5.41, 5.74) is 5.35. The second-order valence-corrected chi connectivity index (χ2v) is 13.1. The van der Waals surface area contributed by atoms with Crippen LogP contribution in [0.2, 0.25) is 0 Å². The third-order valence-corrected chi connectivity index (χ3v) is 10.5. The summed E-state index contributed by atoms with van der Waals surface area (Å²) in [4.78, 5) is 34.3. The molecule has 0 aliphatic carbocycles. The highest BCUT2D eigenvalue weighted by Gasteiger charge is 2.40. The number of carbonyl (C=O) groups excluding carboxylic acids is 1. The van der Waals surface area contributed by atoms with Gasteiger partial charge in [0, 0.05) is 62.9 Å². The summed E-state index contributed by atoms with van der Waals surface area (Å²) < 4.78 is 47.3. The van der Waals surface area contributed by atoms with E-state index in [2.05, 4.69) is 17.6 Å². The molecule has 43 heavy (non-hydrogen) atoms. The van der Waals surface area contributed by atoms with Crippen molar-refractivity contribution in [3.8, 4) is 17.2 Å². The predicted molar refractivity (Wildman–Crippen MR) is 165 cm³/mol. The lowest BCUT2D eigenvalue weighted by Gasteiger charge is -2.45. The minimum Gasteiger partial charge on any atom is -0.389 e. The van der Waals surface area contributed by atoms with Crippen molar-refractivity contribution < 1.29 is 18.0 Å². The molecule has 2 aliphatic rings. The minimum atomic E-state index is -4.77. The molecule has 4 heterocycles. The van der Waals surface area contributed by atoms with E-state index in [0.29, 0.717) is 26.3 Å². The van der Waals surface area contributed by atoms with Gasteiger partial charge >= 0.3 is 11.9 Å². The maximum atomic E-state index is 15.1. The molecular formula is C30H27F3N6O2S2. The smallest absolute Gasteiger partial charge is 0.389 e. The fourth-order valence-electron chi connectivity index (χ4n) is 6.44. The van der Waals surface area contributed by atoms with Crippen LogP contribution in [0.3, 0.4) is 0 Å². The van der Waals surface area contributed by atoms with E-state index in [1.807, 2.05) is 20.8 Å². The van der Waals surface area contributed by atoms with Crippen LogP contribution in [0, 0.1) is 11.3 Å². The van der Waals surface area contributed by atoms with Gasteiger partial charge in [0.05, 0.1) is 16.6 Å². The molecule has 3 atom stereocenters. The number of benzene rings is 2. The third-order valence-electron chi connectivity index (χ3n) is 8.13. The lowest BCUT2D eigenvalue weighted by atomic mass is 9.92. The van der Waals surface area contributed by atoms with Gasteiger partial charge in [-0.3, -0.25) is 9.36 Å². The summed E-state index contributed by atoms with van der Waals surface area (Å²) >= 11 is 2.41. The van der Waals surface area contributed by atoms with Gasteiger partial charge in [0.2, 0.25) is 5.91 Å². The Bertz CT molecular complexity index is 1930. The SMILES string of the molecule is C=CC(=O)N1[C@H](C)CN(c2nc(=O)n3c4c(c(-c5cccc6sc(N)c(C#N)c56)c(C(F)(F)F)cc24)SCC3C)C[C@@H]1C. The van der Waals surface area contributed by atoms with Gasteiger partial charge in [0.15, 0.2) is 0 Å². The molecule has 0 saturated carbocycles. The number of thioether (sulfide) groups is 1. The average Bonchev–Trinajstić information content (AvgIpc) is 3.28. The van der Waals surface area contributed by atoms with Crippen molar-refractivity contribution in [1.82, 2.24) is 14.5 Å². The normalized spacial score (nSPS) is 20.4. The molecule has 13 heteroatoms. The van der Waals surface area contributed by atoms with E-state index < -0.39 is 17.4 Å². The van der Waals surface area contributed by atoms with Gasteiger partial charge < -0.3 is 15.5 Å². The highest BCUT2D eigenvalue weighted by atomic mass is 32.2. The Labute approximate surface area is 253 Å².